The second-order valence-corrected chi connectivity index (χ2v) is 10.0. The van der Waals surface area contributed by atoms with Crippen LogP contribution in [-0.2, 0) is 27.8 Å². The predicted molar refractivity (Wildman–Crippen MR) is 121 cm³/mol. The molecule has 1 fully saturated rings. The van der Waals surface area contributed by atoms with E-state index in [4.69, 9.17) is 9.47 Å². The van der Waals surface area contributed by atoms with Crippen LogP contribution in [0.4, 0.5) is 0 Å². The molecule has 0 unspecified atom stereocenters. The van der Waals surface area contributed by atoms with Crippen molar-refractivity contribution in [2.24, 2.45) is 0 Å². The van der Waals surface area contributed by atoms with Gasteiger partial charge < -0.3 is 14.4 Å². The summed E-state index contributed by atoms with van der Waals surface area (Å²) < 4.78 is 38.3. The quantitative estimate of drug-likeness (QED) is 0.607. The number of hydrogen-bond acceptors (Lipinski definition) is 5. The van der Waals surface area contributed by atoms with Crippen LogP contribution in [0.3, 0.4) is 0 Å². The van der Waals surface area contributed by atoms with E-state index < -0.39 is 10.0 Å². The number of benzene rings is 2. The van der Waals surface area contributed by atoms with E-state index in [2.05, 4.69) is 0 Å². The van der Waals surface area contributed by atoms with Gasteiger partial charge in [-0.15, -0.1) is 0 Å². The molecule has 2 aromatic rings. The molecule has 1 saturated heterocycles. The molecule has 8 heteroatoms. The van der Waals surface area contributed by atoms with Crippen LogP contribution in [0.25, 0.3) is 0 Å². The van der Waals surface area contributed by atoms with Crippen molar-refractivity contribution in [2.45, 2.75) is 44.0 Å². The zero-order chi connectivity index (χ0) is 22.6. The number of ether oxygens (including phenoxy) is 2. The molecule has 2 aromatic carbocycles. The molecule has 32 heavy (non-hydrogen) atoms. The highest BCUT2D eigenvalue weighted by molar-refractivity contribution is 7.89. The lowest BCUT2D eigenvalue weighted by molar-refractivity contribution is -0.131. The topological polar surface area (TPSA) is 76.1 Å². The Balaban J connectivity index is 1.36. The summed E-state index contributed by atoms with van der Waals surface area (Å²) in [4.78, 5) is 15.0. The van der Waals surface area contributed by atoms with Gasteiger partial charge in [-0.25, -0.2) is 8.42 Å². The van der Waals surface area contributed by atoms with Crippen LogP contribution in [-0.4, -0.2) is 56.4 Å². The number of rotatable bonds is 8. The second-order valence-electron chi connectivity index (χ2n) is 8.10. The summed E-state index contributed by atoms with van der Waals surface area (Å²) in [5.74, 6) is 1.50. The van der Waals surface area contributed by atoms with E-state index in [0.29, 0.717) is 57.1 Å². The summed E-state index contributed by atoms with van der Waals surface area (Å²) in [6, 6.07) is 12.7. The molecule has 172 valence electrons. The fraction of sp³-hybridized carbons (Fsp3) is 0.458. The monoisotopic (exact) mass is 458 g/mol. The molecule has 2 aliphatic heterocycles. The van der Waals surface area contributed by atoms with Gasteiger partial charge in [0.1, 0.15) is 13.2 Å². The molecular formula is C24H30N2O5S. The van der Waals surface area contributed by atoms with Crippen LogP contribution < -0.4 is 9.47 Å². The van der Waals surface area contributed by atoms with Gasteiger partial charge in [-0.2, -0.15) is 4.31 Å². The van der Waals surface area contributed by atoms with Crippen molar-refractivity contribution in [1.29, 1.82) is 0 Å². The Hall–Kier alpha value is -2.58. The van der Waals surface area contributed by atoms with Crippen LogP contribution in [0.5, 0.6) is 11.5 Å². The summed E-state index contributed by atoms with van der Waals surface area (Å²) in [5, 5.41) is 0. The minimum Gasteiger partial charge on any atom is -0.486 e. The third-order valence-corrected chi connectivity index (χ3v) is 7.91. The van der Waals surface area contributed by atoms with Gasteiger partial charge in [0, 0.05) is 38.2 Å². The molecule has 4 rings (SSSR count). The molecular weight excluding hydrogens is 428 g/mol. The molecule has 1 amide bonds. The van der Waals surface area contributed by atoms with E-state index in [-0.39, 0.29) is 5.91 Å². The van der Waals surface area contributed by atoms with Crippen molar-refractivity contribution in [2.75, 3.05) is 32.8 Å². The normalized spacial score (nSPS) is 16.2. The summed E-state index contributed by atoms with van der Waals surface area (Å²) in [5.41, 5.74) is 1.89. The maximum absolute atomic E-state index is 12.9. The molecule has 0 saturated carbocycles. The number of amides is 1. The van der Waals surface area contributed by atoms with Gasteiger partial charge in [0.2, 0.25) is 15.9 Å². The third kappa shape index (κ3) is 4.91. The molecule has 0 aliphatic carbocycles. The van der Waals surface area contributed by atoms with Crippen molar-refractivity contribution < 1.29 is 22.7 Å². The van der Waals surface area contributed by atoms with E-state index in [1.165, 1.54) is 0 Å². The van der Waals surface area contributed by atoms with Crippen LogP contribution in [0.2, 0.25) is 0 Å². The highest BCUT2D eigenvalue weighted by Crippen LogP contribution is 2.34. The first kappa shape index (κ1) is 22.6. The van der Waals surface area contributed by atoms with Gasteiger partial charge in [-0.05, 0) is 49.9 Å². The van der Waals surface area contributed by atoms with E-state index in [0.717, 1.165) is 35.5 Å². The lowest BCUT2D eigenvalue weighted by Gasteiger charge is -2.25. The fourth-order valence-electron chi connectivity index (χ4n) is 4.16. The molecule has 0 radical (unpaired) electrons. The number of para-hydroxylation sites is 1. The number of carbonyl (C=O) groups excluding carboxylic acids is 1. The molecule has 0 aromatic heterocycles. The molecule has 0 bridgehead atoms. The highest BCUT2D eigenvalue weighted by atomic mass is 32.2. The van der Waals surface area contributed by atoms with Crippen molar-refractivity contribution in [3.63, 3.8) is 0 Å². The maximum Gasteiger partial charge on any atom is 0.243 e. The van der Waals surface area contributed by atoms with E-state index in [9.17, 15) is 13.2 Å². The lowest BCUT2D eigenvalue weighted by atomic mass is 10.1. The summed E-state index contributed by atoms with van der Waals surface area (Å²) in [6.07, 6.45) is 2.75. The SMILES string of the molecule is CCN(Cc1cccc2c1OCCO2)C(=O)CCc1ccc(S(=O)(=O)N2CCCC2)cc1. The molecule has 2 heterocycles. The van der Waals surface area contributed by atoms with Gasteiger partial charge >= 0.3 is 0 Å². The van der Waals surface area contributed by atoms with Gasteiger partial charge in [-0.1, -0.05) is 24.3 Å². The highest BCUT2D eigenvalue weighted by Gasteiger charge is 2.27. The molecule has 0 atom stereocenters. The first-order chi connectivity index (χ1) is 15.5. The number of nitrogens with zero attached hydrogens (tertiary/aromatic N) is 2. The van der Waals surface area contributed by atoms with Crippen LogP contribution in [0.15, 0.2) is 47.4 Å². The Kier molecular flexibility index (Phi) is 7.01. The molecule has 2 aliphatic rings. The third-order valence-electron chi connectivity index (χ3n) is 6.00. The number of carbonyl (C=O) groups is 1. The molecule has 0 spiro atoms. The van der Waals surface area contributed by atoms with Gasteiger partial charge in [0.05, 0.1) is 4.90 Å². The summed E-state index contributed by atoms with van der Waals surface area (Å²) >= 11 is 0. The first-order valence-electron chi connectivity index (χ1n) is 11.2. The van der Waals surface area contributed by atoms with Gasteiger partial charge in [0.25, 0.3) is 0 Å². The number of fused-ring (bicyclic) bond motifs is 1. The number of aryl methyl sites for hydroxylation is 1. The van der Waals surface area contributed by atoms with Crippen molar-refractivity contribution >= 4 is 15.9 Å². The minimum atomic E-state index is -3.41. The smallest absolute Gasteiger partial charge is 0.243 e. The Morgan fingerprint density at radius 1 is 1.03 bits per heavy atom. The van der Waals surface area contributed by atoms with Crippen LogP contribution in [0, 0.1) is 0 Å². The average Bonchev–Trinajstić information content (AvgIpc) is 3.37. The maximum atomic E-state index is 12.9. The lowest BCUT2D eigenvalue weighted by Crippen LogP contribution is -2.31. The number of sulfonamides is 1. The van der Waals surface area contributed by atoms with Crippen LogP contribution >= 0.6 is 0 Å². The second kappa shape index (κ2) is 9.92. The molecule has 0 N–H and O–H groups in total. The standard InChI is InChI=1S/C24H30N2O5S/c1-2-25(18-20-6-5-7-22-24(20)31-17-16-30-22)23(27)13-10-19-8-11-21(12-9-19)32(28,29)26-14-3-4-15-26/h5-9,11-12H,2-4,10,13-18H2,1H3. The van der Waals surface area contributed by atoms with E-state index >= 15 is 0 Å². The predicted octanol–water partition coefficient (Wildman–Crippen LogP) is 3.22. The zero-order valence-corrected chi connectivity index (χ0v) is 19.3. The Morgan fingerprint density at radius 2 is 1.75 bits per heavy atom. The number of hydrogen-bond donors (Lipinski definition) is 0. The first-order valence-corrected chi connectivity index (χ1v) is 12.7. The van der Waals surface area contributed by atoms with E-state index in [1.807, 2.05) is 37.3 Å². The summed E-state index contributed by atoms with van der Waals surface area (Å²) in [7, 11) is -3.41. The van der Waals surface area contributed by atoms with Crippen molar-refractivity contribution in [1.82, 2.24) is 9.21 Å². The van der Waals surface area contributed by atoms with Gasteiger partial charge in [0.15, 0.2) is 11.5 Å². The van der Waals surface area contributed by atoms with Crippen molar-refractivity contribution in [3.05, 3.63) is 53.6 Å². The summed E-state index contributed by atoms with van der Waals surface area (Å²) in [6.45, 7) is 5.24. The van der Waals surface area contributed by atoms with E-state index in [1.54, 1.807) is 21.3 Å². The van der Waals surface area contributed by atoms with Gasteiger partial charge in [-0.3, -0.25) is 4.79 Å². The molecule has 7 nitrogen and oxygen atoms in total. The zero-order valence-electron chi connectivity index (χ0n) is 18.5. The van der Waals surface area contributed by atoms with Crippen LogP contribution in [0.1, 0.15) is 37.3 Å². The minimum absolute atomic E-state index is 0.0515. The Bertz CT molecular complexity index is 1050. The fourth-order valence-corrected chi connectivity index (χ4v) is 5.67. The average molecular weight is 459 g/mol. The Labute approximate surface area is 190 Å². The Morgan fingerprint density at radius 3 is 2.47 bits per heavy atom. The van der Waals surface area contributed by atoms with Crippen molar-refractivity contribution in [3.8, 4) is 11.5 Å². The largest absolute Gasteiger partial charge is 0.486 e.